The molecule has 3 unspecified atom stereocenters. The van der Waals surface area contributed by atoms with Gasteiger partial charge in [-0.25, -0.2) is 9.98 Å². The van der Waals surface area contributed by atoms with Crippen molar-refractivity contribution in [2.75, 3.05) is 20.3 Å². The number of methoxy groups -OCH3 is 1. The third kappa shape index (κ3) is 4.47. The fourth-order valence-electron chi connectivity index (χ4n) is 4.54. The molecule has 1 spiro atoms. The van der Waals surface area contributed by atoms with Gasteiger partial charge in [0.25, 0.3) is 11.9 Å². The Morgan fingerprint density at radius 2 is 2.12 bits per heavy atom. The third-order valence-electron chi connectivity index (χ3n) is 6.60. The molecule has 4 rings (SSSR count). The summed E-state index contributed by atoms with van der Waals surface area (Å²) in [5.74, 6) is 1.57. The van der Waals surface area contributed by atoms with Crippen LogP contribution in [0.2, 0.25) is 0 Å². The molecular formula is C25H32N4O4. The Balaban J connectivity index is 1.58. The van der Waals surface area contributed by atoms with Gasteiger partial charge in [-0.3, -0.25) is 4.79 Å². The summed E-state index contributed by atoms with van der Waals surface area (Å²) >= 11 is 0. The van der Waals surface area contributed by atoms with Crippen LogP contribution in [0.25, 0.3) is 0 Å². The minimum absolute atomic E-state index is 0.0115. The molecule has 3 heterocycles. The van der Waals surface area contributed by atoms with Gasteiger partial charge in [0, 0.05) is 17.5 Å². The summed E-state index contributed by atoms with van der Waals surface area (Å²) in [7, 11) is 1.57. The first-order valence-electron chi connectivity index (χ1n) is 11.4. The first-order valence-corrected chi connectivity index (χ1v) is 11.4. The van der Waals surface area contributed by atoms with Crippen molar-refractivity contribution in [3.8, 4) is 11.5 Å². The molecule has 8 nitrogen and oxygen atoms in total. The number of aromatic nitrogens is 1. The topological polar surface area (TPSA) is 108 Å². The monoisotopic (exact) mass is 452 g/mol. The van der Waals surface area contributed by atoms with Crippen LogP contribution in [-0.2, 0) is 10.3 Å². The lowest BCUT2D eigenvalue weighted by Crippen LogP contribution is -2.46. The van der Waals surface area contributed by atoms with Gasteiger partial charge in [0.15, 0.2) is 0 Å². The van der Waals surface area contributed by atoms with Gasteiger partial charge in [-0.2, -0.15) is 0 Å². The number of carbonyl (C=O) groups excluding carboxylic acids is 1. The number of rotatable bonds is 7. The number of ether oxygens (including phenoxy) is 3. The van der Waals surface area contributed by atoms with Crippen LogP contribution < -0.4 is 20.5 Å². The second-order valence-corrected chi connectivity index (χ2v) is 8.98. The Bertz CT molecular complexity index is 1040. The highest BCUT2D eigenvalue weighted by molar-refractivity contribution is 5.92. The average molecular weight is 453 g/mol. The minimum Gasteiger partial charge on any atom is -0.495 e. The van der Waals surface area contributed by atoms with Crippen LogP contribution in [0.4, 0.5) is 0 Å². The largest absolute Gasteiger partial charge is 0.495 e. The van der Waals surface area contributed by atoms with E-state index in [0.29, 0.717) is 37.0 Å². The summed E-state index contributed by atoms with van der Waals surface area (Å²) in [6, 6.07) is 9.77. The van der Waals surface area contributed by atoms with Gasteiger partial charge in [-0.1, -0.05) is 26.8 Å². The normalized spacial score (nSPS) is 22.2. The maximum absolute atomic E-state index is 12.8. The number of aliphatic imine (C=N–C) groups is 1. The minimum atomic E-state index is -0.626. The van der Waals surface area contributed by atoms with Gasteiger partial charge >= 0.3 is 0 Å². The Morgan fingerprint density at radius 3 is 2.73 bits per heavy atom. The molecule has 0 saturated heterocycles. The van der Waals surface area contributed by atoms with E-state index >= 15 is 0 Å². The highest BCUT2D eigenvalue weighted by atomic mass is 16.5. The predicted octanol–water partition coefficient (Wildman–Crippen LogP) is 3.36. The molecule has 176 valence electrons. The summed E-state index contributed by atoms with van der Waals surface area (Å²) in [5, 5.41) is 3.12. The van der Waals surface area contributed by atoms with Crippen molar-refractivity contribution in [2.24, 2.45) is 16.6 Å². The van der Waals surface area contributed by atoms with E-state index in [2.05, 4.69) is 43.2 Å². The number of nitrogens with one attached hydrogen (secondary N) is 1. The van der Waals surface area contributed by atoms with Crippen molar-refractivity contribution in [3.05, 3.63) is 53.3 Å². The van der Waals surface area contributed by atoms with Crippen molar-refractivity contribution in [1.82, 2.24) is 10.3 Å². The van der Waals surface area contributed by atoms with E-state index in [0.717, 1.165) is 17.7 Å². The molecule has 0 fully saturated rings. The highest BCUT2D eigenvalue weighted by Gasteiger charge is 2.50. The highest BCUT2D eigenvalue weighted by Crippen LogP contribution is 2.48. The lowest BCUT2D eigenvalue weighted by molar-refractivity contribution is 0.0811. The van der Waals surface area contributed by atoms with E-state index in [4.69, 9.17) is 24.9 Å². The molecule has 1 aromatic carbocycles. The fourth-order valence-corrected chi connectivity index (χ4v) is 4.54. The summed E-state index contributed by atoms with van der Waals surface area (Å²) in [6.07, 6.45) is 2.97. The van der Waals surface area contributed by atoms with Crippen LogP contribution in [0.3, 0.4) is 0 Å². The molecule has 2 aliphatic heterocycles. The molecule has 0 saturated carbocycles. The summed E-state index contributed by atoms with van der Waals surface area (Å²) in [6.45, 7) is 7.21. The van der Waals surface area contributed by atoms with Crippen molar-refractivity contribution in [2.45, 2.75) is 51.1 Å². The average Bonchev–Trinajstić information content (AvgIpc) is 3.22. The molecule has 33 heavy (non-hydrogen) atoms. The second kappa shape index (κ2) is 9.29. The van der Waals surface area contributed by atoms with Crippen LogP contribution in [0.15, 0.2) is 41.5 Å². The van der Waals surface area contributed by atoms with E-state index in [9.17, 15) is 4.79 Å². The van der Waals surface area contributed by atoms with E-state index in [1.807, 2.05) is 6.07 Å². The van der Waals surface area contributed by atoms with Crippen LogP contribution in [0.5, 0.6) is 11.5 Å². The molecule has 3 atom stereocenters. The summed E-state index contributed by atoms with van der Waals surface area (Å²) in [4.78, 5) is 21.8. The number of fused-ring (bicyclic) bond motifs is 2. The number of pyridine rings is 1. The number of carbonyl (C=O) groups is 1. The van der Waals surface area contributed by atoms with E-state index in [-0.39, 0.29) is 23.9 Å². The van der Waals surface area contributed by atoms with Gasteiger partial charge < -0.3 is 25.3 Å². The Morgan fingerprint density at radius 1 is 1.30 bits per heavy atom. The van der Waals surface area contributed by atoms with E-state index < -0.39 is 5.54 Å². The van der Waals surface area contributed by atoms with Gasteiger partial charge in [0.05, 0.1) is 19.9 Å². The predicted molar refractivity (Wildman–Crippen MR) is 126 cm³/mol. The molecule has 0 aliphatic carbocycles. The van der Waals surface area contributed by atoms with Crippen molar-refractivity contribution >= 4 is 11.9 Å². The maximum Gasteiger partial charge on any atom is 0.283 e. The zero-order chi connectivity index (χ0) is 23.6. The Kier molecular flexibility index (Phi) is 6.44. The smallest absolute Gasteiger partial charge is 0.283 e. The SMILES string of the molecule is CCC(CC1COc2ccc(C(C)C)cc2C12COC(N)=N2)NC(=O)c1ccc(OC)cn1. The molecule has 8 heteroatoms. The number of benzene rings is 1. The second-order valence-electron chi connectivity index (χ2n) is 8.98. The van der Waals surface area contributed by atoms with Crippen LogP contribution >= 0.6 is 0 Å². The van der Waals surface area contributed by atoms with Gasteiger partial charge in [-0.15, -0.1) is 0 Å². The maximum atomic E-state index is 12.8. The van der Waals surface area contributed by atoms with E-state index in [1.165, 1.54) is 11.8 Å². The summed E-state index contributed by atoms with van der Waals surface area (Å²) in [5.41, 5.74) is 7.94. The number of nitrogens with two attached hydrogens (primary N) is 1. The fraction of sp³-hybridized carbons (Fsp3) is 0.480. The number of hydrogen-bond acceptors (Lipinski definition) is 7. The standard InChI is InChI=1S/C25H32N4O4/c1-5-18(28-23(30)21-8-7-19(31-4)12-27-21)11-17-13-32-22-9-6-16(15(2)3)10-20(22)25(17)14-33-24(26)29-25/h6-10,12,15,17-18H,5,11,13-14H2,1-4H3,(H2,26,29)(H,28,30). The number of amides is 1. The van der Waals surface area contributed by atoms with Gasteiger partial charge in [0.2, 0.25) is 0 Å². The quantitative estimate of drug-likeness (QED) is 0.667. The first-order chi connectivity index (χ1) is 15.9. The van der Waals surface area contributed by atoms with Crippen molar-refractivity contribution < 1.29 is 19.0 Å². The molecule has 2 aliphatic rings. The number of nitrogens with zero attached hydrogens (tertiary/aromatic N) is 2. The third-order valence-corrected chi connectivity index (χ3v) is 6.60. The lowest BCUT2D eigenvalue weighted by atomic mass is 9.73. The van der Waals surface area contributed by atoms with Crippen molar-refractivity contribution in [1.29, 1.82) is 0 Å². The molecule has 2 aromatic rings. The van der Waals surface area contributed by atoms with Gasteiger partial charge in [0.1, 0.15) is 29.3 Å². The van der Waals surface area contributed by atoms with Crippen molar-refractivity contribution in [3.63, 3.8) is 0 Å². The molecule has 3 N–H and O–H groups in total. The molecular weight excluding hydrogens is 420 g/mol. The first kappa shape index (κ1) is 22.9. The van der Waals surface area contributed by atoms with Crippen LogP contribution in [0.1, 0.15) is 61.1 Å². The molecule has 0 bridgehead atoms. The van der Waals surface area contributed by atoms with E-state index in [1.54, 1.807) is 19.2 Å². The molecule has 0 radical (unpaired) electrons. The summed E-state index contributed by atoms with van der Waals surface area (Å²) < 4.78 is 17.0. The Labute approximate surface area is 194 Å². The van der Waals surface area contributed by atoms with Crippen LogP contribution in [0, 0.1) is 5.92 Å². The molecule has 1 aromatic heterocycles. The number of hydrogen-bond donors (Lipinski definition) is 2. The number of amidine groups is 1. The lowest BCUT2D eigenvalue weighted by Gasteiger charge is -2.40. The zero-order valence-electron chi connectivity index (χ0n) is 19.6. The van der Waals surface area contributed by atoms with Gasteiger partial charge in [-0.05, 0) is 48.6 Å². The zero-order valence-corrected chi connectivity index (χ0v) is 19.6. The molecule has 1 amide bonds. The van der Waals surface area contributed by atoms with Crippen LogP contribution in [-0.4, -0.2) is 43.3 Å². The Hall–Kier alpha value is -3.29.